The van der Waals surface area contributed by atoms with Crippen molar-refractivity contribution in [3.05, 3.63) is 24.3 Å². The van der Waals surface area contributed by atoms with Gasteiger partial charge in [-0.25, -0.2) is 0 Å². The standard InChI is InChI=1S/C6H7O3PS.3Na.3H/c7-11(8,9)6-4-2-1-3-5(6)10;;;;;;/h1-4H,10H2,(H,7,8,9);;;;;;. The monoisotopic (exact) mass is 262 g/mol. The van der Waals surface area contributed by atoms with Crippen LogP contribution in [0.2, 0.25) is 0 Å². The van der Waals surface area contributed by atoms with Gasteiger partial charge < -0.3 is 0 Å². The van der Waals surface area contributed by atoms with E-state index in [0.29, 0.717) is 5.30 Å². The average molecular weight is 262 g/mol. The van der Waals surface area contributed by atoms with Gasteiger partial charge in [0.25, 0.3) is 10.1 Å². The van der Waals surface area contributed by atoms with Crippen LogP contribution in [0.5, 0.6) is 0 Å². The van der Waals surface area contributed by atoms with Crippen LogP contribution in [0.25, 0.3) is 0 Å². The zero-order chi connectivity index (χ0) is 8.48. The fraction of sp³-hybridized carbons (Fsp3) is 0. The van der Waals surface area contributed by atoms with Gasteiger partial charge in [0.05, 0.1) is 0 Å². The molecule has 0 fully saturated rings. The Morgan fingerprint density at radius 1 is 1.07 bits per heavy atom. The molecule has 3 nitrogen and oxygen atoms in total. The normalized spacial score (nSPS) is 9.00. The third-order valence-electron chi connectivity index (χ3n) is 1.20. The van der Waals surface area contributed by atoms with Crippen molar-refractivity contribution in [1.82, 2.24) is 0 Å². The van der Waals surface area contributed by atoms with Gasteiger partial charge in [-0.3, -0.25) is 4.55 Å². The zero-order valence-electron chi connectivity index (χ0n) is 5.56. The Balaban J connectivity index is -0.000000403. The average Bonchev–Trinajstić information content (AvgIpc) is 1.86. The predicted octanol–water partition coefficient (Wildman–Crippen LogP) is -1.51. The van der Waals surface area contributed by atoms with Crippen LogP contribution in [0, 0.1) is 0 Å². The van der Waals surface area contributed by atoms with Gasteiger partial charge in [0.1, 0.15) is 4.90 Å². The number of rotatable bonds is 1. The molecular weight excluding hydrogens is 252 g/mol. The van der Waals surface area contributed by atoms with Crippen molar-refractivity contribution >= 4 is 113 Å². The summed E-state index contributed by atoms with van der Waals surface area (Å²) in [5.74, 6) is 0. The molecule has 0 aliphatic heterocycles. The molecule has 0 aliphatic rings. The van der Waals surface area contributed by atoms with Gasteiger partial charge in [0.2, 0.25) is 0 Å². The molecule has 8 heteroatoms. The first kappa shape index (κ1) is 21.8. The molecule has 1 atom stereocenters. The van der Waals surface area contributed by atoms with E-state index in [4.69, 9.17) is 4.55 Å². The quantitative estimate of drug-likeness (QED) is 0.380. The molecule has 1 unspecified atom stereocenters. The van der Waals surface area contributed by atoms with Gasteiger partial charge in [0, 0.05) is 0 Å². The van der Waals surface area contributed by atoms with Crippen LogP contribution in [0.4, 0.5) is 0 Å². The van der Waals surface area contributed by atoms with Crippen molar-refractivity contribution in [1.29, 1.82) is 0 Å². The van der Waals surface area contributed by atoms with Crippen LogP contribution in [-0.4, -0.2) is 102 Å². The second-order valence-electron chi connectivity index (χ2n) is 2.01. The molecule has 0 aliphatic carbocycles. The first-order valence-corrected chi connectivity index (χ1v) is 4.85. The number of benzene rings is 1. The molecule has 0 saturated heterocycles. The molecule has 0 saturated carbocycles. The SMILES string of the molecule is O=S(=O)(O)c1ccccc1P.[NaH].[NaH].[NaH]. The molecule has 14 heavy (non-hydrogen) atoms. The molecule has 1 rings (SSSR count). The molecule has 0 heterocycles. The minimum atomic E-state index is -4.05. The molecule has 66 valence electrons. The van der Waals surface area contributed by atoms with E-state index in [1.54, 1.807) is 18.2 Å². The van der Waals surface area contributed by atoms with Crippen LogP contribution in [-0.2, 0) is 10.1 Å². The summed E-state index contributed by atoms with van der Waals surface area (Å²) >= 11 is 0. The van der Waals surface area contributed by atoms with E-state index in [-0.39, 0.29) is 93.6 Å². The molecule has 1 aromatic rings. The van der Waals surface area contributed by atoms with E-state index in [1.807, 2.05) is 0 Å². The van der Waals surface area contributed by atoms with E-state index >= 15 is 0 Å². The van der Waals surface area contributed by atoms with Crippen LogP contribution >= 0.6 is 9.24 Å². The van der Waals surface area contributed by atoms with Crippen LogP contribution < -0.4 is 5.30 Å². The first-order chi connectivity index (χ1) is 5.02. The fourth-order valence-electron chi connectivity index (χ4n) is 0.715. The van der Waals surface area contributed by atoms with E-state index in [9.17, 15) is 8.42 Å². The Morgan fingerprint density at radius 3 is 1.79 bits per heavy atom. The summed E-state index contributed by atoms with van der Waals surface area (Å²) < 4.78 is 29.8. The molecule has 1 aromatic carbocycles. The van der Waals surface area contributed by atoms with Crippen LogP contribution in [0.15, 0.2) is 29.2 Å². The third kappa shape index (κ3) is 7.00. The van der Waals surface area contributed by atoms with E-state index in [0.717, 1.165) is 0 Å². The summed E-state index contributed by atoms with van der Waals surface area (Å²) in [6.45, 7) is 0. The molecule has 0 radical (unpaired) electrons. The summed E-state index contributed by atoms with van der Waals surface area (Å²) in [5, 5.41) is 0.468. The van der Waals surface area contributed by atoms with Crippen molar-refractivity contribution < 1.29 is 13.0 Å². The van der Waals surface area contributed by atoms with Crippen molar-refractivity contribution in [2.75, 3.05) is 0 Å². The number of hydrogen-bond acceptors (Lipinski definition) is 2. The maximum atomic E-state index is 10.6. The summed E-state index contributed by atoms with van der Waals surface area (Å²) in [7, 11) is -1.82. The van der Waals surface area contributed by atoms with E-state index in [2.05, 4.69) is 9.24 Å². The predicted molar refractivity (Wildman–Crippen MR) is 67.0 cm³/mol. The third-order valence-corrected chi connectivity index (χ3v) is 2.84. The fourth-order valence-corrected chi connectivity index (χ4v) is 1.99. The van der Waals surface area contributed by atoms with Gasteiger partial charge >= 0.3 is 88.7 Å². The van der Waals surface area contributed by atoms with Gasteiger partial charge in [-0.05, 0) is 11.4 Å². The van der Waals surface area contributed by atoms with Crippen LogP contribution in [0.1, 0.15) is 0 Å². The Morgan fingerprint density at radius 2 is 1.50 bits per heavy atom. The van der Waals surface area contributed by atoms with Crippen molar-refractivity contribution in [2.24, 2.45) is 0 Å². The molecule has 0 amide bonds. The Bertz CT molecular complexity index is 368. The molecule has 1 N–H and O–H groups in total. The second-order valence-corrected chi connectivity index (χ2v) is 4.02. The van der Waals surface area contributed by atoms with Crippen molar-refractivity contribution in [3.8, 4) is 0 Å². The Kier molecular flexibility index (Phi) is 14.9. The summed E-state index contributed by atoms with van der Waals surface area (Å²) in [6.07, 6.45) is 0. The topological polar surface area (TPSA) is 54.4 Å². The maximum absolute atomic E-state index is 10.6. The first-order valence-electron chi connectivity index (χ1n) is 2.84. The Hall–Kier alpha value is 2.56. The summed E-state index contributed by atoms with van der Waals surface area (Å²) in [6, 6.07) is 6.18. The van der Waals surface area contributed by atoms with Gasteiger partial charge in [0.15, 0.2) is 0 Å². The second kappa shape index (κ2) is 9.58. The molecule has 0 spiro atoms. The molecular formula is C6H10Na3O3PS. The van der Waals surface area contributed by atoms with Gasteiger partial charge in [-0.2, -0.15) is 8.42 Å². The zero-order valence-corrected chi connectivity index (χ0v) is 7.53. The molecule has 0 bridgehead atoms. The van der Waals surface area contributed by atoms with Crippen molar-refractivity contribution in [3.63, 3.8) is 0 Å². The van der Waals surface area contributed by atoms with E-state index in [1.165, 1.54) is 6.07 Å². The minimum absolute atomic E-state index is 0. The summed E-state index contributed by atoms with van der Waals surface area (Å²) in [5.41, 5.74) is 0. The summed E-state index contributed by atoms with van der Waals surface area (Å²) in [4.78, 5) is -0.0648. The van der Waals surface area contributed by atoms with Crippen molar-refractivity contribution in [2.45, 2.75) is 4.90 Å². The van der Waals surface area contributed by atoms with Crippen LogP contribution in [0.3, 0.4) is 0 Å². The number of hydrogen-bond donors (Lipinski definition) is 1. The molecule has 0 aromatic heterocycles. The van der Waals surface area contributed by atoms with Gasteiger partial charge in [-0.1, -0.05) is 18.2 Å². The Labute approximate surface area is 153 Å². The van der Waals surface area contributed by atoms with E-state index < -0.39 is 10.1 Å². The van der Waals surface area contributed by atoms with Gasteiger partial charge in [-0.15, -0.1) is 9.24 Å².